The quantitative estimate of drug-likeness (QED) is 0.896. The van der Waals surface area contributed by atoms with Gasteiger partial charge in [0.25, 0.3) is 0 Å². The zero-order valence-corrected chi connectivity index (χ0v) is 12.5. The molecule has 0 saturated heterocycles. The molecule has 0 aromatic carbocycles. The number of hydrogen-bond acceptors (Lipinski definition) is 4. The van der Waals surface area contributed by atoms with E-state index in [1.165, 1.54) is 12.8 Å². The summed E-state index contributed by atoms with van der Waals surface area (Å²) in [6.07, 6.45) is 5.25. The Labute approximate surface area is 119 Å². The van der Waals surface area contributed by atoms with Gasteiger partial charge in [-0.25, -0.2) is 4.68 Å². The maximum atomic E-state index is 11.5. The second-order valence-electron chi connectivity index (χ2n) is 7.00. The van der Waals surface area contributed by atoms with Gasteiger partial charge in [-0.15, -0.1) is 5.10 Å². The van der Waals surface area contributed by atoms with Crippen LogP contribution in [0.3, 0.4) is 0 Å². The number of rotatable bonds is 5. The van der Waals surface area contributed by atoms with Crippen LogP contribution in [0, 0.1) is 11.3 Å². The number of nitrogens with zero attached hydrogens (tertiary/aromatic N) is 4. The first-order chi connectivity index (χ1) is 9.37. The first-order valence-electron chi connectivity index (χ1n) is 7.36. The fourth-order valence-electron chi connectivity index (χ4n) is 3.00. The Morgan fingerprint density at radius 3 is 2.60 bits per heavy atom. The van der Waals surface area contributed by atoms with Crippen molar-refractivity contribution in [3.05, 3.63) is 5.82 Å². The van der Waals surface area contributed by atoms with E-state index in [1.807, 2.05) is 0 Å². The maximum Gasteiger partial charge on any atom is 0.308 e. The highest BCUT2D eigenvalue weighted by Crippen LogP contribution is 2.33. The van der Waals surface area contributed by atoms with E-state index in [0.29, 0.717) is 18.9 Å². The first-order valence-corrected chi connectivity index (χ1v) is 7.36. The summed E-state index contributed by atoms with van der Waals surface area (Å²) in [5.74, 6) is 0.0446. The molecule has 1 aromatic heterocycles. The molecule has 1 aliphatic carbocycles. The van der Waals surface area contributed by atoms with Gasteiger partial charge in [0.2, 0.25) is 0 Å². The molecule has 1 fully saturated rings. The SMILES string of the molecule is CC(C)(C)CC(Cn1nnnc1C1CCCC1)C(=O)O. The van der Waals surface area contributed by atoms with Crippen LogP contribution < -0.4 is 0 Å². The van der Waals surface area contributed by atoms with Crippen molar-refractivity contribution in [1.82, 2.24) is 20.2 Å². The van der Waals surface area contributed by atoms with E-state index in [4.69, 9.17) is 0 Å². The summed E-state index contributed by atoms with van der Waals surface area (Å²) in [6.45, 7) is 6.53. The Balaban J connectivity index is 2.10. The topological polar surface area (TPSA) is 80.9 Å². The van der Waals surface area contributed by atoms with Crippen LogP contribution in [-0.4, -0.2) is 31.3 Å². The van der Waals surface area contributed by atoms with E-state index >= 15 is 0 Å². The highest BCUT2D eigenvalue weighted by molar-refractivity contribution is 5.69. The first kappa shape index (κ1) is 14.9. The standard InChI is InChI=1S/C14H24N4O2/c1-14(2,3)8-11(13(19)20)9-18-12(15-16-17-18)10-6-4-5-7-10/h10-11H,4-9H2,1-3H3,(H,19,20). The number of tetrazole rings is 1. The molecular formula is C14H24N4O2. The molecule has 20 heavy (non-hydrogen) atoms. The summed E-state index contributed by atoms with van der Waals surface area (Å²) in [5.41, 5.74) is -0.0232. The van der Waals surface area contributed by atoms with Crippen molar-refractivity contribution in [1.29, 1.82) is 0 Å². The summed E-state index contributed by atoms with van der Waals surface area (Å²) < 4.78 is 1.71. The fraction of sp³-hybridized carbons (Fsp3) is 0.857. The van der Waals surface area contributed by atoms with Crippen LogP contribution >= 0.6 is 0 Å². The third-order valence-corrected chi connectivity index (χ3v) is 3.88. The lowest BCUT2D eigenvalue weighted by Crippen LogP contribution is -2.27. The smallest absolute Gasteiger partial charge is 0.308 e. The van der Waals surface area contributed by atoms with Gasteiger partial charge in [-0.2, -0.15) is 0 Å². The van der Waals surface area contributed by atoms with Crippen LogP contribution in [0.5, 0.6) is 0 Å². The van der Waals surface area contributed by atoms with Crippen molar-refractivity contribution < 1.29 is 9.90 Å². The van der Waals surface area contributed by atoms with Gasteiger partial charge < -0.3 is 5.11 Å². The predicted molar refractivity (Wildman–Crippen MR) is 74.2 cm³/mol. The van der Waals surface area contributed by atoms with Crippen LogP contribution in [-0.2, 0) is 11.3 Å². The lowest BCUT2D eigenvalue weighted by molar-refractivity contribution is -0.143. The highest BCUT2D eigenvalue weighted by Gasteiger charge is 2.29. The van der Waals surface area contributed by atoms with E-state index < -0.39 is 11.9 Å². The Morgan fingerprint density at radius 2 is 2.05 bits per heavy atom. The van der Waals surface area contributed by atoms with Crippen LogP contribution in [0.1, 0.15) is 64.6 Å². The van der Waals surface area contributed by atoms with Crippen molar-refractivity contribution in [2.45, 2.75) is 65.3 Å². The van der Waals surface area contributed by atoms with Crippen LogP contribution in [0.4, 0.5) is 0 Å². The van der Waals surface area contributed by atoms with E-state index in [1.54, 1.807) is 4.68 Å². The van der Waals surface area contributed by atoms with Gasteiger partial charge in [0.1, 0.15) is 0 Å². The van der Waals surface area contributed by atoms with Gasteiger partial charge in [-0.05, 0) is 35.1 Å². The third kappa shape index (κ3) is 3.77. The molecule has 0 radical (unpaired) electrons. The third-order valence-electron chi connectivity index (χ3n) is 3.88. The summed E-state index contributed by atoms with van der Waals surface area (Å²) >= 11 is 0. The molecule has 6 heteroatoms. The number of carboxylic acid groups (broad SMARTS) is 1. The minimum Gasteiger partial charge on any atom is -0.481 e. The molecule has 1 heterocycles. The summed E-state index contributed by atoms with van der Waals surface area (Å²) in [5, 5.41) is 21.3. The number of carboxylic acids is 1. The Kier molecular flexibility index (Phi) is 4.40. The molecule has 0 spiro atoms. The zero-order valence-electron chi connectivity index (χ0n) is 12.5. The maximum absolute atomic E-state index is 11.5. The van der Waals surface area contributed by atoms with E-state index in [0.717, 1.165) is 18.7 Å². The average molecular weight is 280 g/mol. The molecule has 0 amide bonds. The van der Waals surface area contributed by atoms with Crippen LogP contribution in [0.15, 0.2) is 0 Å². The number of carbonyl (C=O) groups is 1. The largest absolute Gasteiger partial charge is 0.481 e. The molecule has 1 unspecified atom stereocenters. The molecule has 1 N–H and O–H groups in total. The lowest BCUT2D eigenvalue weighted by Gasteiger charge is -2.23. The van der Waals surface area contributed by atoms with Gasteiger partial charge in [-0.1, -0.05) is 33.6 Å². The van der Waals surface area contributed by atoms with Crippen molar-refractivity contribution in [3.63, 3.8) is 0 Å². The van der Waals surface area contributed by atoms with E-state index in [2.05, 4.69) is 36.3 Å². The van der Waals surface area contributed by atoms with Crippen LogP contribution in [0.2, 0.25) is 0 Å². The van der Waals surface area contributed by atoms with Crippen molar-refractivity contribution >= 4 is 5.97 Å². The molecule has 1 aromatic rings. The number of aromatic nitrogens is 4. The molecule has 1 aliphatic rings. The van der Waals surface area contributed by atoms with Gasteiger partial charge in [0.15, 0.2) is 5.82 Å². The molecule has 1 atom stereocenters. The molecule has 2 rings (SSSR count). The normalized spacial score (nSPS) is 18.4. The molecule has 0 aliphatic heterocycles. The van der Waals surface area contributed by atoms with Crippen molar-refractivity contribution in [2.75, 3.05) is 0 Å². The summed E-state index contributed by atoms with van der Waals surface area (Å²) in [7, 11) is 0. The highest BCUT2D eigenvalue weighted by atomic mass is 16.4. The van der Waals surface area contributed by atoms with Gasteiger partial charge in [-0.3, -0.25) is 4.79 Å². The van der Waals surface area contributed by atoms with Gasteiger partial charge >= 0.3 is 5.97 Å². The molecule has 6 nitrogen and oxygen atoms in total. The van der Waals surface area contributed by atoms with E-state index in [9.17, 15) is 9.90 Å². The molecule has 112 valence electrons. The summed E-state index contributed by atoms with van der Waals surface area (Å²) in [6, 6.07) is 0. The second kappa shape index (κ2) is 5.89. The molecule has 1 saturated carbocycles. The monoisotopic (exact) mass is 280 g/mol. The fourth-order valence-corrected chi connectivity index (χ4v) is 3.00. The Hall–Kier alpha value is -1.46. The Morgan fingerprint density at radius 1 is 1.40 bits per heavy atom. The Bertz CT molecular complexity index is 458. The predicted octanol–water partition coefficient (Wildman–Crippen LogP) is 2.47. The average Bonchev–Trinajstić information content (AvgIpc) is 2.94. The molecule has 0 bridgehead atoms. The molecular weight excluding hydrogens is 256 g/mol. The van der Waals surface area contributed by atoms with Crippen LogP contribution in [0.25, 0.3) is 0 Å². The van der Waals surface area contributed by atoms with Crippen molar-refractivity contribution in [3.8, 4) is 0 Å². The lowest BCUT2D eigenvalue weighted by atomic mass is 9.84. The minimum absolute atomic E-state index is 0.0232. The van der Waals surface area contributed by atoms with Gasteiger partial charge in [0.05, 0.1) is 12.5 Å². The number of hydrogen-bond donors (Lipinski definition) is 1. The van der Waals surface area contributed by atoms with Gasteiger partial charge in [0, 0.05) is 5.92 Å². The number of aliphatic carboxylic acids is 1. The van der Waals surface area contributed by atoms with E-state index in [-0.39, 0.29) is 5.41 Å². The zero-order chi connectivity index (χ0) is 14.8. The minimum atomic E-state index is -0.771. The van der Waals surface area contributed by atoms with Crippen molar-refractivity contribution in [2.24, 2.45) is 11.3 Å². The summed E-state index contributed by atoms with van der Waals surface area (Å²) in [4.78, 5) is 11.5. The second-order valence-corrected chi connectivity index (χ2v) is 7.00.